The Bertz CT molecular complexity index is 335. The van der Waals surface area contributed by atoms with Gasteiger partial charge in [-0.25, -0.2) is 0 Å². The fourth-order valence-corrected chi connectivity index (χ4v) is 1.88. The molecule has 1 amide bonds. The summed E-state index contributed by atoms with van der Waals surface area (Å²) in [5, 5.41) is 7.02. The molecular weight excluding hydrogens is 305 g/mol. The van der Waals surface area contributed by atoms with Crippen molar-refractivity contribution in [1.82, 2.24) is 15.1 Å². The van der Waals surface area contributed by atoms with E-state index in [-0.39, 0.29) is 5.91 Å². The average Bonchev–Trinajstić information content (AvgIpc) is 2.52. The highest BCUT2D eigenvalue weighted by Crippen LogP contribution is 2.04. The first-order chi connectivity index (χ1) is 7.15. The van der Waals surface area contributed by atoms with Crippen LogP contribution in [-0.4, -0.2) is 26.7 Å². The van der Waals surface area contributed by atoms with Crippen molar-refractivity contribution in [3.63, 3.8) is 0 Å². The number of amides is 1. The molecule has 0 aliphatic carbocycles. The molecule has 0 radical (unpaired) electrons. The number of aromatic nitrogens is 2. The Labute approximate surface area is 104 Å². The highest BCUT2D eigenvalue weighted by Gasteiger charge is 2.11. The van der Waals surface area contributed by atoms with E-state index in [9.17, 15) is 4.79 Å². The molecular formula is C10H16IN3O. The van der Waals surface area contributed by atoms with Gasteiger partial charge in [-0.15, -0.1) is 0 Å². The Kier molecular flexibility index (Phi) is 5.07. The number of aryl methyl sites for hydroxylation is 2. The van der Waals surface area contributed by atoms with Crippen LogP contribution in [0.25, 0.3) is 0 Å². The minimum Gasteiger partial charge on any atom is -0.352 e. The monoisotopic (exact) mass is 321 g/mol. The van der Waals surface area contributed by atoms with Gasteiger partial charge in [0, 0.05) is 19.8 Å². The number of halogens is 1. The summed E-state index contributed by atoms with van der Waals surface area (Å²) in [6.07, 6.45) is 3.93. The van der Waals surface area contributed by atoms with Crippen molar-refractivity contribution in [1.29, 1.82) is 0 Å². The number of alkyl halides is 1. The average molecular weight is 321 g/mol. The van der Waals surface area contributed by atoms with Crippen LogP contribution in [-0.2, 0) is 7.05 Å². The molecule has 1 aromatic rings. The lowest BCUT2D eigenvalue weighted by molar-refractivity contribution is 0.0952. The SMILES string of the molecule is Cc1nn(C)cc1C(=O)NCCCCI. The van der Waals surface area contributed by atoms with Crippen LogP contribution in [0.15, 0.2) is 6.20 Å². The van der Waals surface area contributed by atoms with Crippen LogP contribution < -0.4 is 5.32 Å². The Hall–Kier alpha value is -0.590. The molecule has 4 nitrogen and oxygen atoms in total. The number of nitrogens with zero attached hydrogens (tertiary/aromatic N) is 2. The van der Waals surface area contributed by atoms with Gasteiger partial charge in [-0.1, -0.05) is 22.6 Å². The summed E-state index contributed by atoms with van der Waals surface area (Å²) in [5.41, 5.74) is 1.45. The minimum absolute atomic E-state index is 0.0194. The predicted octanol–water partition coefficient (Wildman–Crippen LogP) is 1.67. The van der Waals surface area contributed by atoms with Gasteiger partial charge in [0.2, 0.25) is 0 Å². The molecule has 1 N–H and O–H groups in total. The van der Waals surface area contributed by atoms with E-state index >= 15 is 0 Å². The van der Waals surface area contributed by atoms with Gasteiger partial charge < -0.3 is 5.32 Å². The van der Waals surface area contributed by atoms with Gasteiger partial charge in [0.25, 0.3) is 5.91 Å². The lowest BCUT2D eigenvalue weighted by Crippen LogP contribution is -2.24. The van der Waals surface area contributed by atoms with Crippen LogP contribution in [0, 0.1) is 6.92 Å². The fourth-order valence-electron chi connectivity index (χ4n) is 1.34. The van der Waals surface area contributed by atoms with E-state index in [1.807, 2.05) is 14.0 Å². The van der Waals surface area contributed by atoms with Crippen molar-refractivity contribution in [3.05, 3.63) is 17.5 Å². The number of nitrogens with one attached hydrogen (secondary N) is 1. The third-order valence-corrected chi connectivity index (χ3v) is 2.87. The standard InChI is InChI=1S/C10H16IN3O/c1-8-9(7-14(2)13-8)10(15)12-6-4-3-5-11/h7H,3-6H2,1-2H3,(H,12,15). The molecule has 0 spiro atoms. The zero-order chi connectivity index (χ0) is 11.3. The van der Waals surface area contributed by atoms with Gasteiger partial charge in [0.15, 0.2) is 0 Å². The van der Waals surface area contributed by atoms with Crippen LogP contribution >= 0.6 is 22.6 Å². The van der Waals surface area contributed by atoms with Crippen molar-refractivity contribution >= 4 is 28.5 Å². The molecule has 84 valence electrons. The van der Waals surface area contributed by atoms with Crippen LogP contribution in [0.3, 0.4) is 0 Å². The van der Waals surface area contributed by atoms with Gasteiger partial charge in [-0.3, -0.25) is 9.48 Å². The summed E-state index contributed by atoms with van der Waals surface area (Å²) >= 11 is 2.34. The molecule has 5 heteroatoms. The predicted molar refractivity (Wildman–Crippen MR) is 68.4 cm³/mol. The van der Waals surface area contributed by atoms with Crippen LogP contribution in [0.4, 0.5) is 0 Å². The minimum atomic E-state index is -0.0194. The summed E-state index contributed by atoms with van der Waals surface area (Å²) in [6.45, 7) is 2.59. The fraction of sp³-hybridized carbons (Fsp3) is 0.600. The number of rotatable bonds is 5. The summed E-state index contributed by atoms with van der Waals surface area (Å²) < 4.78 is 2.80. The van der Waals surface area contributed by atoms with Crippen molar-refractivity contribution in [2.75, 3.05) is 11.0 Å². The topological polar surface area (TPSA) is 46.9 Å². The molecule has 15 heavy (non-hydrogen) atoms. The molecule has 0 aliphatic heterocycles. The van der Waals surface area contributed by atoms with E-state index in [1.165, 1.54) is 0 Å². The molecule has 0 saturated carbocycles. The molecule has 0 aromatic carbocycles. The number of carbonyl (C=O) groups excluding carboxylic acids is 1. The van der Waals surface area contributed by atoms with E-state index < -0.39 is 0 Å². The third kappa shape index (κ3) is 3.81. The number of hydrogen-bond donors (Lipinski definition) is 1. The second-order valence-corrected chi connectivity index (χ2v) is 4.53. The summed E-state index contributed by atoms with van der Waals surface area (Å²) in [5.74, 6) is -0.0194. The maximum absolute atomic E-state index is 11.7. The Morgan fingerprint density at radius 1 is 1.60 bits per heavy atom. The van der Waals surface area contributed by atoms with Crippen molar-refractivity contribution in [3.8, 4) is 0 Å². The first kappa shape index (κ1) is 12.5. The van der Waals surface area contributed by atoms with Crippen molar-refractivity contribution in [2.45, 2.75) is 19.8 Å². The van der Waals surface area contributed by atoms with Gasteiger partial charge >= 0.3 is 0 Å². The zero-order valence-electron chi connectivity index (χ0n) is 9.09. The van der Waals surface area contributed by atoms with E-state index in [1.54, 1.807) is 10.9 Å². The third-order valence-electron chi connectivity index (χ3n) is 2.10. The van der Waals surface area contributed by atoms with Gasteiger partial charge in [0.1, 0.15) is 0 Å². The van der Waals surface area contributed by atoms with Crippen molar-refractivity contribution < 1.29 is 4.79 Å². The maximum atomic E-state index is 11.7. The van der Waals surface area contributed by atoms with E-state index in [4.69, 9.17) is 0 Å². The summed E-state index contributed by atoms with van der Waals surface area (Å²) in [7, 11) is 1.82. The maximum Gasteiger partial charge on any atom is 0.254 e. The van der Waals surface area contributed by atoms with E-state index in [0.717, 1.165) is 29.5 Å². The van der Waals surface area contributed by atoms with Gasteiger partial charge in [-0.05, 0) is 24.2 Å². The van der Waals surface area contributed by atoms with Crippen LogP contribution in [0.1, 0.15) is 28.9 Å². The molecule has 0 fully saturated rings. The van der Waals surface area contributed by atoms with E-state index in [2.05, 4.69) is 33.0 Å². The molecule has 0 aliphatic rings. The largest absolute Gasteiger partial charge is 0.352 e. The molecule has 1 aromatic heterocycles. The zero-order valence-corrected chi connectivity index (χ0v) is 11.2. The van der Waals surface area contributed by atoms with Crippen molar-refractivity contribution in [2.24, 2.45) is 7.05 Å². The highest BCUT2D eigenvalue weighted by molar-refractivity contribution is 14.1. The normalized spacial score (nSPS) is 10.3. The number of unbranched alkanes of at least 4 members (excludes halogenated alkanes) is 1. The van der Waals surface area contributed by atoms with Crippen LogP contribution in [0.5, 0.6) is 0 Å². The van der Waals surface area contributed by atoms with E-state index in [0.29, 0.717) is 5.56 Å². The molecule has 0 saturated heterocycles. The quantitative estimate of drug-likeness (QED) is 0.509. The lowest BCUT2D eigenvalue weighted by Gasteiger charge is -2.02. The Morgan fingerprint density at radius 2 is 2.33 bits per heavy atom. The second kappa shape index (κ2) is 6.09. The number of hydrogen-bond acceptors (Lipinski definition) is 2. The smallest absolute Gasteiger partial charge is 0.254 e. The Morgan fingerprint density at radius 3 is 2.87 bits per heavy atom. The highest BCUT2D eigenvalue weighted by atomic mass is 127. The second-order valence-electron chi connectivity index (χ2n) is 3.45. The first-order valence-corrected chi connectivity index (χ1v) is 6.52. The molecule has 1 heterocycles. The summed E-state index contributed by atoms with van der Waals surface area (Å²) in [4.78, 5) is 11.7. The first-order valence-electron chi connectivity index (χ1n) is 4.99. The molecule has 0 bridgehead atoms. The van der Waals surface area contributed by atoms with Gasteiger partial charge in [-0.2, -0.15) is 5.10 Å². The number of carbonyl (C=O) groups is 1. The van der Waals surface area contributed by atoms with Gasteiger partial charge in [0.05, 0.1) is 11.3 Å². The molecule has 0 atom stereocenters. The summed E-state index contributed by atoms with van der Waals surface area (Å²) in [6, 6.07) is 0. The Balaban J connectivity index is 2.43. The lowest BCUT2D eigenvalue weighted by atomic mass is 10.2. The molecule has 1 rings (SSSR count). The molecule has 0 unspecified atom stereocenters. The van der Waals surface area contributed by atoms with Crippen LogP contribution in [0.2, 0.25) is 0 Å².